The van der Waals surface area contributed by atoms with Gasteiger partial charge in [-0.3, -0.25) is 4.98 Å². The van der Waals surface area contributed by atoms with Crippen LogP contribution in [0.3, 0.4) is 0 Å². The standard InChI is InChI=1S/C18H24N6/c19-16-17(21-10-8-14-5-2-1-3-6-14)23-13-24-18(16)22-12-15-7-4-9-20-11-15/h4-5,7,9,11,13H,1-3,6,8,10,12,19H2,(H2,21,22,23,24). The van der Waals surface area contributed by atoms with Crippen molar-refractivity contribution in [3.8, 4) is 0 Å². The molecule has 0 saturated heterocycles. The van der Waals surface area contributed by atoms with Crippen molar-refractivity contribution in [2.24, 2.45) is 0 Å². The number of nitrogens with one attached hydrogen (secondary N) is 2. The summed E-state index contributed by atoms with van der Waals surface area (Å²) < 4.78 is 0. The molecule has 0 spiro atoms. The van der Waals surface area contributed by atoms with Crippen LogP contribution in [0.4, 0.5) is 17.3 Å². The number of allylic oxidation sites excluding steroid dienone is 1. The van der Waals surface area contributed by atoms with Crippen molar-refractivity contribution in [1.82, 2.24) is 15.0 Å². The number of nitrogen functional groups attached to an aromatic ring is 1. The highest BCUT2D eigenvalue weighted by atomic mass is 15.1. The van der Waals surface area contributed by atoms with Gasteiger partial charge in [0, 0.05) is 25.5 Å². The molecule has 2 heterocycles. The fraction of sp³-hybridized carbons (Fsp3) is 0.389. The minimum atomic E-state index is 0.555. The van der Waals surface area contributed by atoms with Crippen molar-refractivity contribution in [2.45, 2.75) is 38.6 Å². The number of nitrogens with two attached hydrogens (primary N) is 1. The molecule has 0 fully saturated rings. The van der Waals surface area contributed by atoms with E-state index in [2.05, 4.69) is 31.7 Å². The average Bonchev–Trinajstić information content (AvgIpc) is 2.64. The van der Waals surface area contributed by atoms with Crippen molar-refractivity contribution in [2.75, 3.05) is 22.9 Å². The molecule has 0 aromatic carbocycles. The number of nitrogens with zero attached hydrogens (tertiary/aromatic N) is 3. The second-order valence-corrected chi connectivity index (χ2v) is 5.98. The van der Waals surface area contributed by atoms with Gasteiger partial charge in [-0.25, -0.2) is 9.97 Å². The summed E-state index contributed by atoms with van der Waals surface area (Å²) in [5, 5.41) is 6.57. The minimum absolute atomic E-state index is 0.555. The van der Waals surface area contributed by atoms with Crippen LogP contribution in [0.2, 0.25) is 0 Å². The molecule has 0 amide bonds. The molecule has 3 rings (SSSR count). The molecule has 0 bridgehead atoms. The minimum Gasteiger partial charge on any atom is -0.393 e. The third-order valence-electron chi connectivity index (χ3n) is 4.19. The average molecular weight is 324 g/mol. The molecule has 2 aromatic heterocycles. The number of aromatic nitrogens is 3. The quantitative estimate of drug-likeness (QED) is 0.677. The number of anilines is 3. The molecule has 1 aliphatic carbocycles. The topological polar surface area (TPSA) is 88.8 Å². The van der Waals surface area contributed by atoms with E-state index >= 15 is 0 Å². The summed E-state index contributed by atoms with van der Waals surface area (Å²) in [4.78, 5) is 12.6. The van der Waals surface area contributed by atoms with Gasteiger partial charge in [-0.2, -0.15) is 0 Å². The first-order chi connectivity index (χ1) is 11.8. The molecule has 0 aliphatic heterocycles. The van der Waals surface area contributed by atoms with Gasteiger partial charge in [0.15, 0.2) is 11.6 Å². The lowest BCUT2D eigenvalue weighted by molar-refractivity contribution is 0.679. The molecule has 0 saturated carbocycles. The molecule has 126 valence electrons. The van der Waals surface area contributed by atoms with Crippen molar-refractivity contribution >= 4 is 17.3 Å². The predicted octanol–water partition coefficient (Wildman–Crippen LogP) is 3.37. The van der Waals surface area contributed by atoms with Crippen molar-refractivity contribution in [1.29, 1.82) is 0 Å². The molecule has 24 heavy (non-hydrogen) atoms. The molecule has 1 aliphatic rings. The summed E-state index contributed by atoms with van der Waals surface area (Å²) in [6.45, 7) is 1.47. The van der Waals surface area contributed by atoms with E-state index in [4.69, 9.17) is 5.73 Å². The Labute approximate surface area is 142 Å². The first kappa shape index (κ1) is 16.2. The Balaban J connectivity index is 1.55. The second-order valence-electron chi connectivity index (χ2n) is 5.98. The fourth-order valence-corrected chi connectivity index (χ4v) is 2.84. The Morgan fingerprint density at radius 2 is 2.00 bits per heavy atom. The number of hydrogen-bond acceptors (Lipinski definition) is 6. The molecule has 0 unspecified atom stereocenters. The smallest absolute Gasteiger partial charge is 0.155 e. The van der Waals surface area contributed by atoms with E-state index in [0.29, 0.717) is 23.9 Å². The molecule has 6 heteroatoms. The number of pyridine rings is 1. The van der Waals surface area contributed by atoms with Gasteiger partial charge in [-0.15, -0.1) is 0 Å². The van der Waals surface area contributed by atoms with Crippen LogP contribution >= 0.6 is 0 Å². The van der Waals surface area contributed by atoms with E-state index in [1.807, 2.05) is 18.3 Å². The maximum Gasteiger partial charge on any atom is 0.155 e. The van der Waals surface area contributed by atoms with Gasteiger partial charge in [-0.1, -0.05) is 17.7 Å². The van der Waals surface area contributed by atoms with E-state index in [-0.39, 0.29) is 0 Å². The summed E-state index contributed by atoms with van der Waals surface area (Å²) in [7, 11) is 0. The summed E-state index contributed by atoms with van der Waals surface area (Å²) in [6, 6.07) is 3.92. The fourth-order valence-electron chi connectivity index (χ4n) is 2.84. The maximum absolute atomic E-state index is 6.19. The van der Waals surface area contributed by atoms with Gasteiger partial charge >= 0.3 is 0 Å². The normalized spacial score (nSPS) is 14.1. The van der Waals surface area contributed by atoms with E-state index < -0.39 is 0 Å². The van der Waals surface area contributed by atoms with E-state index in [0.717, 1.165) is 18.5 Å². The molecule has 6 nitrogen and oxygen atoms in total. The van der Waals surface area contributed by atoms with Crippen LogP contribution in [0, 0.1) is 0 Å². The summed E-state index contributed by atoms with van der Waals surface area (Å²) in [5.41, 5.74) is 9.36. The zero-order valence-corrected chi connectivity index (χ0v) is 13.8. The van der Waals surface area contributed by atoms with Crippen LogP contribution in [0.5, 0.6) is 0 Å². The third-order valence-corrected chi connectivity index (χ3v) is 4.19. The lowest BCUT2D eigenvalue weighted by Gasteiger charge is -2.15. The summed E-state index contributed by atoms with van der Waals surface area (Å²) in [6.07, 6.45) is 13.6. The Bertz CT molecular complexity index is 683. The largest absolute Gasteiger partial charge is 0.393 e. The highest BCUT2D eigenvalue weighted by molar-refractivity contribution is 5.73. The van der Waals surface area contributed by atoms with Gasteiger partial charge in [0.25, 0.3) is 0 Å². The number of rotatable bonds is 7. The summed E-state index contributed by atoms with van der Waals surface area (Å²) in [5.74, 6) is 1.34. The zero-order valence-electron chi connectivity index (χ0n) is 13.8. The lowest BCUT2D eigenvalue weighted by Crippen LogP contribution is -2.11. The van der Waals surface area contributed by atoms with Crippen LogP contribution in [0.15, 0.2) is 42.5 Å². The van der Waals surface area contributed by atoms with Crippen LogP contribution in [0.25, 0.3) is 0 Å². The zero-order chi connectivity index (χ0) is 16.6. The van der Waals surface area contributed by atoms with Gasteiger partial charge < -0.3 is 16.4 Å². The van der Waals surface area contributed by atoms with Crippen molar-refractivity contribution in [3.05, 3.63) is 48.1 Å². The molecule has 0 atom stereocenters. The van der Waals surface area contributed by atoms with Gasteiger partial charge in [-0.05, 0) is 43.7 Å². The van der Waals surface area contributed by atoms with Gasteiger partial charge in [0.2, 0.25) is 0 Å². The van der Waals surface area contributed by atoms with E-state index in [9.17, 15) is 0 Å². The first-order valence-corrected chi connectivity index (χ1v) is 8.48. The maximum atomic E-state index is 6.19. The van der Waals surface area contributed by atoms with E-state index in [1.165, 1.54) is 37.6 Å². The van der Waals surface area contributed by atoms with E-state index in [1.54, 1.807) is 6.20 Å². The second kappa shape index (κ2) is 8.29. The van der Waals surface area contributed by atoms with Crippen LogP contribution in [-0.2, 0) is 6.54 Å². The van der Waals surface area contributed by atoms with Gasteiger partial charge in [0.1, 0.15) is 12.0 Å². The molecule has 2 aromatic rings. The first-order valence-electron chi connectivity index (χ1n) is 8.48. The van der Waals surface area contributed by atoms with Crippen molar-refractivity contribution in [3.63, 3.8) is 0 Å². The molecular formula is C18H24N6. The summed E-state index contributed by atoms with van der Waals surface area (Å²) >= 11 is 0. The molecular weight excluding hydrogens is 300 g/mol. The molecule has 0 radical (unpaired) electrons. The van der Waals surface area contributed by atoms with Crippen molar-refractivity contribution < 1.29 is 0 Å². The Morgan fingerprint density at radius 3 is 2.75 bits per heavy atom. The van der Waals surface area contributed by atoms with Crippen LogP contribution < -0.4 is 16.4 Å². The number of hydrogen-bond donors (Lipinski definition) is 3. The molecule has 4 N–H and O–H groups in total. The Morgan fingerprint density at radius 1 is 1.12 bits per heavy atom. The predicted molar refractivity (Wildman–Crippen MR) is 97.7 cm³/mol. The highest BCUT2D eigenvalue weighted by Crippen LogP contribution is 2.24. The monoisotopic (exact) mass is 324 g/mol. The van der Waals surface area contributed by atoms with Crippen LogP contribution in [-0.4, -0.2) is 21.5 Å². The Kier molecular flexibility index (Phi) is 5.61. The Hall–Kier alpha value is -2.63. The van der Waals surface area contributed by atoms with Gasteiger partial charge in [0.05, 0.1) is 0 Å². The SMILES string of the molecule is Nc1c(NCCC2=CCCCC2)ncnc1NCc1cccnc1. The third kappa shape index (κ3) is 4.44. The lowest BCUT2D eigenvalue weighted by atomic mass is 9.97. The highest BCUT2D eigenvalue weighted by Gasteiger charge is 2.08. The van der Waals surface area contributed by atoms with Crippen LogP contribution in [0.1, 0.15) is 37.7 Å².